The van der Waals surface area contributed by atoms with Gasteiger partial charge in [0.05, 0.1) is 0 Å². The van der Waals surface area contributed by atoms with E-state index in [2.05, 4.69) is 41.5 Å². The third kappa shape index (κ3) is 1.34. The zero-order valence-electron chi connectivity index (χ0n) is 12.2. The Labute approximate surface area is 102 Å². The van der Waals surface area contributed by atoms with Crippen LogP contribution < -0.4 is 0 Å². The van der Waals surface area contributed by atoms with Crippen LogP contribution >= 0.6 is 0 Å². The van der Waals surface area contributed by atoms with Crippen LogP contribution in [0, 0.1) is 28.1 Å². The summed E-state index contributed by atoms with van der Waals surface area (Å²) in [5, 5.41) is 0. The van der Waals surface area contributed by atoms with Crippen molar-refractivity contribution in [3.63, 3.8) is 0 Å². The Morgan fingerprint density at radius 3 is 2.19 bits per heavy atom. The molecule has 0 bridgehead atoms. The summed E-state index contributed by atoms with van der Waals surface area (Å²) in [6, 6.07) is 0. The first-order valence-electron chi connectivity index (χ1n) is 7.28. The molecule has 0 amide bonds. The Hall–Kier alpha value is 0. The van der Waals surface area contributed by atoms with Gasteiger partial charge in [0.2, 0.25) is 0 Å². The Morgan fingerprint density at radius 1 is 1.00 bits per heavy atom. The summed E-state index contributed by atoms with van der Waals surface area (Å²) in [5.41, 5.74) is 1.73. The molecule has 0 aliphatic heterocycles. The molecule has 0 aromatic rings. The average molecular weight is 222 g/mol. The van der Waals surface area contributed by atoms with Crippen LogP contribution in [-0.2, 0) is 0 Å². The van der Waals surface area contributed by atoms with Crippen molar-refractivity contribution in [1.29, 1.82) is 0 Å². The molecule has 2 saturated carbocycles. The average Bonchev–Trinajstić information content (AvgIpc) is 2.53. The SMILES string of the molecule is CC[C@]12CCC(C)(C)C(C)(C)[C@@H]1CC[C@H]2C. The first-order valence-corrected chi connectivity index (χ1v) is 7.28. The lowest BCUT2D eigenvalue weighted by Crippen LogP contribution is -2.51. The highest BCUT2D eigenvalue weighted by atomic mass is 14.6. The van der Waals surface area contributed by atoms with Gasteiger partial charge in [-0.2, -0.15) is 0 Å². The fourth-order valence-electron chi connectivity index (χ4n) is 4.95. The third-order valence-corrected chi connectivity index (χ3v) is 7.05. The van der Waals surface area contributed by atoms with Crippen LogP contribution in [0.2, 0.25) is 0 Å². The maximum absolute atomic E-state index is 2.54. The van der Waals surface area contributed by atoms with Gasteiger partial charge in [-0.25, -0.2) is 0 Å². The molecule has 2 rings (SSSR count). The molecule has 16 heavy (non-hydrogen) atoms. The molecule has 0 heteroatoms. The van der Waals surface area contributed by atoms with E-state index < -0.39 is 0 Å². The maximum Gasteiger partial charge on any atom is -0.0241 e. The van der Waals surface area contributed by atoms with Crippen molar-refractivity contribution < 1.29 is 0 Å². The van der Waals surface area contributed by atoms with E-state index in [1.165, 1.54) is 32.1 Å². The highest BCUT2D eigenvalue weighted by Crippen LogP contribution is 2.68. The summed E-state index contributed by atoms with van der Waals surface area (Å²) in [5.74, 6) is 1.92. The number of hydrogen-bond acceptors (Lipinski definition) is 0. The summed E-state index contributed by atoms with van der Waals surface area (Å²) < 4.78 is 0. The van der Waals surface area contributed by atoms with Gasteiger partial charge in [-0.05, 0) is 60.2 Å². The van der Waals surface area contributed by atoms with E-state index in [1.807, 2.05) is 0 Å². The first kappa shape index (κ1) is 12.5. The quantitative estimate of drug-likeness (QED) is 0.566. The van der Waals surface area contributed by atoms with Gasteiger partial charge in [-0.15, -0.1) is 0 Å². The molecule has 0 heterocycles. The van der Waals surface area contributed by atoms with Crippen LogP contribution in [0.4, 0.5) is 0 Å². The predicted molar refractivity (Wildman–Crippen MR) is 71.4 cm³/mol. The van der Waals surface area contributed by atoms with Gasteiger partial charge in [-0.1, -0.05) is 41.5 Å². The Morgan fingerprint density at radius 2 is 1.62 bits per heavy atom. The van der Waals surface area contributed by atoms with E-state index in [4.69, 9.17) is 0 Å². The number of hydrogen-bond donors (Lipinski definition) is 0. The Bertz CT molecular complexity index is 274. The van der Waals surface area contributed by atoms with Crippen molar-refractivity contribution in [1.82, 2.24) is 0 Å². The molecule has 0 spiro atoms. The molecule has 0 saturated heterocycles. The monoisotopic (exact) mass is 222 g/mol. The third-order valence-electron chi connectivity index (χ3n) is 7.05. The minimum absolute atomic E-state index is 0.520. The maximum atomic E-state index is 2.54. The van der Waals surface area contributed by atoms with Gasteiger partial charge < -0.3 is 0 Å². The fraction of sp³-hybridized carbons (Fsp3) is 1.00. The lowest BCUT2D eigenvalue weighted by Gasteiger charge is -2.59. The van der Waals surface area contributed by atoms with Crippen LogP contribution in [0.15, 0.2) is 0 Å². The minimum Gasteiger partial charge on any atom is -0.0648 e. The zero-order valence-corrected chi connectivity index (χ0v) is 12.2. The molecule has 0 radical (unpaired) electrons. The molecule has 94 valence electrons. The molecular weight excluding hydrogens is 192 g/mol. The summed E-state index contributed by atoms with van der Waals surface area (Å²) in [6.45, 7) is 15.0. The van der Waals surface area contributed by atoms with Gasteiger partial charge in [-0.3, -0.25) is 0 Å². The highest BCUT2D eigenvalue weighted by molar-refractivity contribution is 5.08. The van der Waals surface area contributed by atoms with Crippen molar-refractivity contribution in [3.8, 4) is 0 Å². The normalized spacial score (nSPS) is 45.4. The molecule has 0 unspecified atom stereocenters. The van der Waals surface area contributed by atoms with E-state index in [9.17, 15) is 0 Å². The molecule has 0 aromatic carbocycles. The Kier molecular flexibility index (Phi) is 2.72. The predicted octanol–water partition coefficient (Wildman–Crippen LogP) is 5.28. The number of fused-ring (bicyclic) bond motifs is 1. The van der Waals surface area contributed by atoms with Gasteiger partial charge in [0, 0.05) is 0 Å². The van der Waals surface area contributed by atoms with Crippen molar-refractivity contribution in [2.45, 2.75) is 73.6 Å². The molecule has 0 nitrogen and oxygen atoms in total. The molecule has 2 aliphatic carbocycles. The van der Waals surface area contributed by atoms with Gasteiger partial charge in [0.15, 0.2) is 0 Å². The van der Waals surface area contributed by atoms with Crippen LogP contribution in [0.1, 0.15) is 73.6 Å². The van der Waals surface area contributed by atoms with Crippen molar-refractivity contribution in [3.05, 3.63) is 0 Å². The van der Waals surface area contributed by atoms with Gasteiger partial charge in [0.25, 0.3) is 0 Å². The first-order chi connectivity index (χ1) is 7.28. The second-order valence-electron chi connectivity index (χ2n) is 7.72. The molecule has 0 N–H and O–H groups in total. The molecule has 2 aliphatic rings. The van der Waals surface area contributed by atoms with Crippen molar-refractivity contribution in [2.75, 3.05) is 0 Å². The summed E-state index contributed by atoms with van der Waals surface area (Å²) in [4.78, 5) is 0. The molecule has 0 aromatic heterocycles. The van der Waals surface area contributed by atoms with Crippen molar-refractivity contribution >= 4 is 0 Å². The molecular formula is C16H30. The van der Waals surface area contributed by atoms with E-state index >= 15 is 0 Å². The van der Waals surface area contributed by atoms with Crippen LogP contribution in [0.5, 0.6) is 0 Å². The number of rotatable bonds is 1. The summed E-state index contributed by atoms with van der Waals surface area (Å²) >= 11 is 0. The van der Waals surface area contributed by atoms with E-state index in [-0.39, 0.29) is 0 Å². The van der Waals surface area contributed by atoms with E-state index in [1.54, 1.807) is 0 Å². The van der Waals surface area contributed by atoms with Crippen LogP contribution in [0.25, 0.3) is 0 Å². The zero-order chi connectivity index (χ0) is 12.2. The largest absolute Gasteiger partial charge is 0.0648 e. The van der Waals surface area contributed by atoms with Crippen LogP contribution in [0.3, 0.4) is 0 Å². The molecule has 2 fully saturated rings. The summed E-state index contributed by atoms with van der Waals surface area (Å²) in [7, 11) is 0. The van der Waals surface area contributed by atoms with E-state index in [0.29, 0.717) is 16.2 Å². The smallest absolute Gasteiger partial charge is 0.0241 e. The minimum atomic E-state index is 0.520. The summed E-state index contributed by atoms with van der Waals surface area (Å²) in [6.07, 6.45) is 7.25. The van der Waals surface area contributed by atoms with Gasteiger partial charge >= 0.3 is 0 Å². The topological polar surface area (TPSA) is 0 Å². The fourth-order valence-corrected chi connectivity index (χ4v) is 4.95. The second-order valence-corrected chi connectivity index (χ2v) is 7.72. The van der Waals surface area contributed by atoms with Gasteiger partial charge in [0.1, 0.15) is 0 Å². The highest BCUT2D eigenvalue weighted by Gasteiger charge is 2.59. The lowest BCUT2D eigenvalue weighted by atomic mass is 9.46. The Balaban J connectivity index is 2.40. The van der Waals surface area contributed by atoms with Crippen LogP contribution in [-0.4, -0.2) is 0 Å². The van der Waals surface area contributed by atoms with Crippen molar-refractivity contribution in [2.24, 2.45) is 28.1 Å². The second kappa shape index (κ2) is 3.50. The standard InChI is InChI=1S/C16H30/c1-7-16-11-10-14(3,4)15(5,6)13(16)9-8-12(16)2/h12-13H,7-11H2,1-6H3/t12-,13+,16-/m1/s1. The molecule has 3 atom stereocenters. The lowest BCUT2D eigenvalue weighted by molar-refractivity contribution is -0.0967. The van der Waals surface area contributed by atoms with E-state index in [0.717, 1.165) is 11.8 Å².